The average molecular weight is 246 g/mol. The summed E-state index contributed by atoms with van der Waals surface area (Å²) in [6.45, 7) is 2.27. The van der Waals surface area contributed by atoms with Crippen molar-refractivity contribution in [1.29, 1.82) is 0 Å². The first-order chi connectivity index (χ1) is 8.74. The number of anilines is 1. The highest BCUT2D eigenvalue weighted by atomic mass is 16.2. The number of fused-ring (bicyclic) bond motifs is 1. The van der Waals surface area contributed by atoms with Gasteiger partial charge in [-0.2, -0.15) is 0 Å². The number of amides is 1. The lowest BCUT2D eigenvalue weighted by Crippen LogP contribution is -2.42. The zero-order valence-corrected chi connectivity index (χ0v) is 10.3. The summed E-state index contributed by atoms with van der Waals surface area (Å²) in [5.41, 5.74) is 6.00. The molecule has 96 valence electrons. The second-order valence-corrected chi connectivity index (χ2v) is 5.06. The average Bonchev–Trinajstić information content (AvgIpc) is 2.94. The van der Waals surface area contributed by atoms with E-state index in [-0.39, 0.29) is 11.9 Å². The molecule has 5 heteroatoms. The van der Waals surface area contributed by atoms with Crippen LogP contribution in [-0.2, 0) is 0 Å². The molecule has 3 rings (SSSR count). The molecule has 2 unspecified atom stereocenters. The van der Waals surface area contributed by atoms with Crippen LogP contribution < -0.4 is 11.1 Å². The van der Waals surface area contributed by atoms with Gasteiger partial charge in [-0.05, 0) is 37.9 Å². The van der Waals surface area contributed by atoms with E-state index in [9.17, 15) is 4.79 Å². The molecule has 3 heterocycles. The van der Waals surface area contributed by atoms with Crippen molar-refractivity contribution in [2.45, 2.75) is 31.3 Å². The molecule has 1 amide bonds. The number of nitrogens with two attached hydrogens (primary N) is 1. The van der Waals surface area contributed by atoms with E-state index in [2.05, 4.69) is 15.2 Å². The summed E-state index contributed by atoms with van der Waals surface area (Å²) in [7, 11) is 0. The summed E-state index contributed by atoms with van der Waals surface area (Å²) < 4.78 is 0. The fraction of sp³-hybridized carbons (Fsp3) is 0.538. The summed E-state index contributed by atoms with van der Waals surface area (Å²) in [6.07, 6.45) is 3.47. The normalized spacial score (nSPS) is 27.1. The first-order valence-corrected chi connectivity index (χ1v) is 6.51. The van der Waals surface area contributed by atoms with Gasteiger partial charge in [0.2, 0.25) is 0 Å². The molecule has 18 heavy (non-hydrogen) atoms. The number of nitrogen functional groups attached to an aromatic ring is 1. The van der Waals surface area contributed by atoms with Crippen molar-refractivity contribution >= 4 is 11.7 Å². The first kappa shape index (κ1) is 11.5. The minimum absolute atomic E-state index is 0.110. The second kappa shape index (κ2) is 4.57. The summed E-state index contributed by atoms with van der Waals surface area (Å²) in [5.74, 6) is 0.276. The Hall–Kier alpha value is -1.62. The quantitative estimate of drug-likeness (QED) is 0.803. The first-order valence-electron chi connectivity index (χ1n) is 6.51. The van der Waals surface area contributed by atoms with E-state index in [0.717, 1.165) is 13.0 Å². The van der Waals surface area contributed by atoms with E-state index >= 15 is 0 Å². The number of carbonyl (C=O) groups is 1. The van der Waals surface area contributed by atoms with Crippen LogP contribution in [0.1, 0.15) is 29.8 Å². The molecule has 1 aromatic heterocycles. The minimum Gasteiger partial charge on any atom is -0.384 e. The van der Waals surface area contributed by atoms with E-state index in [0.29, 0.717) is 17.6 Å². The Morgan fingerprint density at radius 1 is 1.39 bits per heavy atom. The van der Waals surface area contributed by atoms with Gasteiger partial charge in [0.05, 0.1) is 0 Å². The van der Waals surface area contributed by atoms with Crippen molar-refractivity contribution in [2.24, 2.45) is 0 Å². The number of aromatic nitrogens is 1. The molecule has 0 aromatic carbocycles. The molecule has 2 aliphatic rings. The highest BCUT2D eigenvalue weighted by Gasteiger charge is 2.37. The lowest BCUT2D eigenvalue weighted by atomic mass is 10.1. The van der Waals surface area contributed by atoms with Crippen molar-refractivity contribution in [3.05, 3.63) is 23.9 Å². The maximum absolute atomic E-state index is 12.1. The van der Waals surface area contributed by atoms with Crippen LogP contribution in [0.15, 0.2) is 18.2 Å². The van der Waals surface area contributed by atoms with Gasteiger partial charge in [0, 0.05) is 18.6 Å². The number of pyridine rings is 1. The molecule has 2 atom stereocenters. The topological polar surface area (TPSA) is 71.2 Å². The molecule has 2 fully saturated rings. The Bertz CT molecular complexity index is 462. The fourth-order valence-corrected chi connectivity index (χ4v) is 3.07. The van der Waals surface area contributed by atoms with Crippen molar-refractivity contribution in [2.75, 3.05) is 18.8 Å². The predicted molar refractivity (Wildman–Crippen MR) is 69.1 cm³/mol. The molecule has 0 saturated carbocycles. The van der Waals surface area contributed by atoms with Gasteiger partial charge in [0.15, 0.2) is 0 Å². The third kappa shape index (κ3) is 2.06. The molecular weight excluding hydrogens is 228 g/mol. The molecule has 0 spiro atoms. The predicted octanol–water partition coefficient (Wildman–Crippen LogP) is 0.630. The van der Waals surface area contributed by atoms with Crippen LogP contribution in [0.4, 0.5) is 5.82 Å². The second-order valence-electron chi connectivity index (χ2n) is 5.06. The summed E-state index contributed by atoms with van der Waals surface area (Å²) in [5, 5.41) is 3.10. The van der Waals surface area contributed by atoms with Crippen LogP contribution in [0.2, 0.25) is 0 Å². The number of nitrogens with zero attached hydrogens (tertiary/aromatic N) is 2. The Balaban J connectivity index is 1.68. The monoisotopic (exact) mass is 246 g/mol. The van der Waals surface area contributed by atoms with E-state index in [1.807, 2.05) is 0 Å². The van der Waals surface area contributed by atoms with Crippen molar-refractivity contribution < 1.29 is 4.79 Å². The summed E-state index contributed by atoms with van der Waals surface area (Å²) in [4.78, 5) is 18.6. The van der Waals surface area contributed by atoms with Crippen LogP contribution >= 0.6 is 0 Å². The maximum atomic E-state index is 12.1. The number of hydrogen-bond donors (Lipinski definition) is 2. The van der Waals surface area contributed by atoms with Gasteiger partial charge >= 0.3 is 0 Å². The van der Waals surface area contributed by atoms with Gasteiger partial charge in [-0.15, -0.1) is 0 Å². The Labute approximate surface area is 106 Å². The van der Waals surface area contributed by atoms with E-state index in [1.54, 1.807) is 18.2 Å². The largest absolute Gasteiger partial charge is 0.384 e. The molecule has 3 N–H and O–H groups in total. The van der Waals surface area contributed by atoms with Crippen molar-refractivity contribution in [3.8, 4) is 0 Å². The Kier molecular flexibility index (Phi) is 2.91. The SMILES string of the molecule is Nc1cccc(C(=O)NC2CCN3CCCC23)n1. The zero-order chi connectivity index (χ0) is 12.5. The smallest absolute Gasteiger partial charge is 0.270 e. The molecule has 0 bridgehead atoms. The molecular formula is C13H18N4O. The van der Waals surface area contributed by atoms with Crippen molar-refractivity contribution in [1.82, 2.24) is 15.2 Å². The fourth-order valence-electron chi connectivity index (χ4n) is 3.07. The lowest BCUT2D eigenvalue weighted by Gasteiger charge is -2.21. The maximum Gasteiger partial charge on any atom is 0.270 e. The highest BCUT2D eigenvalue weighted by Crippen LogP contribution is 2.27. The Morgan fingerprint density at radius 3 is 3.11 bits per heavy atom. The van der Waals surface area contributed by atoms with Crippen molar-refractivity contribution in [3.63, 3.8) is 0 Å². The molecule has 0 radical (unpaired) electrons. The molecule has 0 aliphatic carbocycles. The third-order valence-corrected chi connectivity index (χ3v) is 3.93. The number of nitrogens with one attached hydrogen (secondary N) is 1. The standard InChI is InChI=1S/C13H18N4O/c14-12-5-1-3-10(15-12)13(18)16-9-6-8-17-7-2-4-11(9)17/h1,3,5,9,11H,2,4,6-8H2,(H2,14,15)(H,16,18). The molecule has 2 aliphatic heterocycles. The lowest BCUT2D eigenvalue weighted by molar-refractivity contribution is 0.0924. The molecule has 2 saturated heterocycles. The molecule has 5 nitrogen and oxygen atoms in total. The minimum atomic E-state index is -0.110. The summed E-state index contributed by atoms with van der Waals surface area (Å²) >= 11 is 0. The van der Waals surface area contributed by atoms with E-state index < -0.39 is 0 Å². The van der Waals surface area contributed by atoms with Crippen LogP contribution in [0.5, 0.6) is 0 Å². The number of hydrogen-bond acceptors (Lipinski definition) is 4. The summed E-state index contributed by atoms with van der Waals surface area (Å²) in [6, 6.07) is 5.93. The van der Waals surface area contributed by atoms with Crippen LogP contribution in [0.25, 0.3) is 0 Å². The Morgan fingerprint density at radius 2 is 2.28 bits per heavy atom. The molecule has 1 aromatic rings. The van der Waals surface area contributed by atoms with Crippen LogP contribution in [-0.4, -0.2) is 41.0 Å². The van der Waals surface area contributed by atoms with Gasteiger partial charge in [-0.25, -0.2) is 4.98 Å². The zero-order valence-electron chi connectivity index (χ0n) is 10.3. The van der Waals surface area contributed by atoms with Crippen LogP contribution in [0.3, 0.4) is 0 Å². The van der Waals surface area contributed by atoms with Gasteiger partial charge in [-0.3, -0.25) is 9.69 Å². The van der Waals surface area contributed by atoms with Gasteiger partial charge < -0.3 is 11.1 Å². The number of carbonyl (C=O) groups excluding carboxylic acids is 1. The van der Waals surface area contributed by atoms with E-state index in [4.69, 9.17) is 5.73 Å². The third-order valence-electron chi connectivity index (χ3n) is 3.93. The van der Waals surface area contributed by atoms with Gasteiger partial charge in [-0.1, -0.05) is 6.07 Å². The number of rotatable bonds is 2. The van der Waals surface area contributed by atoms with Crippen LogP contribution in [0, 0.1) is 0 Å². The van der Waals surface area contributed by atoms with Gasteiger partial charge in [0.25, 0.3) is 5.91 Å². The van der Waals surface area contributed by atoms with Gasteiger partial charge in [0.1, 0.15) is 11.5 Å². The highest BCUT2D eigenvalue weighted by molar-refractivity contribution is 5.92. The van der Waals surface area contributed by atoms with E-state index in [1.165, 1.54) is 19.4 Å².